The summed E-state index contributed by atoms with van der Waals surface area (Å²) in [6.07, 6.45) is 9.09. The summed E-state index contributed by atoms with van der Waals surface area (Å²) in [5.74, 6) is 0. The SMILES string of the molecule is CC=C1C=CCC1. The van der Waals surface area contributed by atoms with Crippen LogP contribution in [0.15, 0.2) is 23.8 Å². The zero-order valence-electron chi connectivity index (χ0n) is 4.65. The second-order valence-corrected chi connectivity index (χ2v) is 1.80. The molecule has 0 aromatic carbocycles. The lowest BCUT2D eigenvalue weighted by Crippen LogP contribution is -1.64. The minimum Gasteiger partial charge on any atom is -0.0844 e. The lowest BCUT2D eigenvalue weighted by atomic mass is 10.2. The van der Waals surface area contributed by atoms with Gasteiger partial charge >= 0.3 is 0 Å². The first-order valence-corrected chi connectivity index (χ1v) is 2.75. The van der Waals surface area contributed by atoms with Gasteiger partial charge in [0, 0.05) is 0 Å². The van der Waals surface area contributed by atoms with Crippen molar-refractivity contribution < 1.29 is 0 Å². The van der Waals surface area contributed by atoms with Crippen LogP contribution >= 0.6 is 0 Å². The molecule has 38 valence electrons. The maximum absolute atomic E-state index is 2.22. The second kappa shape index (κ2) is 1.97. The third kappa shape index (κ3) is 0.923. The average Bonchev–Trinajstić information content (AvgIpc) is 2.14. The molecule has 0 spiro atoms. The molecule has 0 heteroatoms. The van der Waals surface area contributed by atoms with E-state index in [1.54, 1.807) is 0 Å². The van der Waals surface area contributed by atoms with E-state index >= 15 is 0 Å². The molecule has 0 aromatic heterocycles. The van der Waals surface area contributed by atoms with Gasteiger partial charge in [0.25, 0.3) is 0 Å². The fourth-order valence-corrected chi connectivity index (χ4v) is 0.809. The molecule has 0 saturated carbocycles. The van der Waals surface area contributed by atoms with Gasteiger partial charge in [0.15, 0.2) is 0 Å². The number of hydrogen-bond donors (Lipinski definition) is 0. The summed E-state index contributed by atoms with van der Waals surface area (Å²) in [4.78, 5) is 0. The van der Waals surface area contributed by atoms with Crippen LogP contribution in [-0.4, -0.2) is 0 Å². The van der Waals surface area contributed by atoms with Crippen molar-refractivity contribution in [2.24, 2.45) is 0 Å². The Morgan fingerprint density at radius 2 is 2.57 bits per heavy atom. The lowest BCUT2D eigenvalue weighted by molar-refractivity contribution is 1.06. The van der Waals surface area contributed by atoms with Crippen LogP contribution in [0.5, 0.6) is 0 Å². The van der Waals surface area contributed by atoms with Crippen molar-refractivity contribution >= 4 is 0 Å². The van der Waals surface area contributed by atoms with Gasteiger partial charge in [0.05, 0.1) is 0 Å². The Kier molecular flexibility index (Phi) is 1.30. The highest BCUT2D eigenvalue weighted by molar-refractivity contribution is 5.23. The van der Waals surface area contributed by atoms with Gasteiger partial charge in [-0.1, -0.05) is 23.8 Å². The van der Waals surface area contributed by atoms with Crippen molar-refractivity contribution in [2.45, 2.75) is 19.8 Å². The molecule has 0 aliphatic heterocycles. The van der Waals surface area contributed by atoms with Gasteiger partial charge in [-0.15, -0.1) is 0 Å². The van der Waals surface area contributed by atoms with Crippen LogP contribution in [0.3, 0.4) is 0 Å². The standard InChI is InChI=1S/C7H10/c1-2-7-5-3-4-6-7/h2-3,5H,4,6H2,1H3. The Balaban J connectivity index is 2.59. The average molecular weight is 94.2 g/mol. The summed E-state index contributed by atoms with van der Waals surface area (Å²) < 4.78 is 0. The quantitative estimate of drug-likeness (QED) is 0.432. The zero-order chi connectivity index (χ0) is 5.11. The largest absolute Gasteiger partial charge is 0.0844 e. The molecular weight excluding hydrogens is 84.1 g/mol. The molecule has 1 rings (SSSR count). The molecule has 1 aliphatic rings. The third-order valence-corrected chi connectivity index (χ3v) is 1.30. The molecule has 0 bridgehead atoms. The van der Waals surface area contributed by atoms with E-state index in [0.29, 0.717) is 0 Å². The lowest BCUT2D eigenvalue weighted by Gasteiger charge is -1.83. The van der Waals surface area contributed by atoms with Crippen LogP contribution in [0.25, 0.3) is 0 Å². The normalized spacial score (nSPS) is 24.4. The molecule has 0 heterocycles. The van der Waals surface area contributed by atoms with E-state index in [1.807, 2.05) is 0 Å². The molecule has 0 radical (unpaired) electrons. The minimum atomic E-state index is 1.25. The van der Waals surface area contributed by atoms with Gasteiger partial charge in [0.2, 0.25) is 0 Å². The summed E-state index contributed by atoms with van der Waals surface area (Å²) in [5.41, 5.74) is 1.49. The highest BCUT2D eigenvalue weighted by Gasteiger charge is 1.94. The summed E-state index contributed by atoms with van der Waals surface area (Å²) >= 11 is 0. The van der Waals surface area contributed by atoms with Gasteiger partial charge in [0.1, 0.15) is 0 Å². The Morgan fingerprint density at radius 1 is 1.71 bits per heavy atom. The van der Waals surface area contributed by atoms with Crippen LogP contribution in [0.2, 0.25) is 0 Å². The zero-order valence-corrected chi connectivity index (χ0v) is 4.65. The summed E-state index contributed by atoms with van der Waals surface area (Å²) in [5, 5.41) is 0. The number of allylic oxidation sites excluding steroid dienone is 4. The van der Waals surface area contributed by atoms with Crippen molar-refractivity contribution in [1.29, 1.82) is 0 Å². The topological polar surface area (TPSA) is 0 Å². The van der Waals surface area contributed by atoms with E-state index in [0.717, 1.165) is 0 Å². The molecular formula is C7H10. The van der Waals surface area contributed by atoms with Crippen LogP contribution in [0.1, 0.15) is 19.8 Å². The molecule has 0 amide bonds. The van der Waals surface area contributed by atoms with Crippen molar-refractivity contribution in [2.75, 3.05) is 0 Å². The first kappa shape index (κ1) is 4.63. The predicted octanol–water partition coefficient (Wildman–Crippen LogP) is 2.28. The Morgan fingerprint density at radius 3 is 2.86 bits per heavy atom. The first-order chi connectivity index (χ1) is 3.43. The molecule has 0 nitrogen and oxygen atoms in total. The molecule has 7 heavy (non-hydrogen) atoms. The van der Waals surface area contributed by atoms with Gasteiger partial charge < -0.3 is 0 Å². The summed E-state index contributed by atoms with van der Waals surface area (Å²) in [6, 6.07) is 0. The van der Waals surface area contributed by atoms with Crippen molar-refractivity contribution in [3.8, 4) is 0 Å². The molecule has 0 saturated heterocycles. The minimum absolute atomic E-state index is 1.25. The first-order valence-electron chi connectivity index (χ1n) is 2.75. The number of rotatable bonds is 0. The van der Waals surface area contributed by atoms with Crippen LogP contribution in [0, 0.1) is 0 Å². The van der Waals surface area contributed by atoms with Crippen molar-refractivity contribution in [1.82, 2.24) is 0 Å². The molecule has 0 aromatic rings. The van der Waals surface area contributed by atoms with E-state index in [-0.39, 0.29) is 0 Å². The summed E-state index contributed by atoms with van der Waals surface area (Å²) in [7, 11) is 0. The fourth-order valence-electron chi connectivity index (χ4n) is 0.809. The Hall–Kier alpha value is -0.520. The predicted molar refractivity (Wildman–Crippen MR) is 32.1 cm³/mol. The highest BCUT2D eigenvalue weighted by Crippen LogP contribution is 2.14. The molecule has 0 unspecified atom stereocenters. The van der Waals surface area contributed by atoms with Crippen molar-refractivity contribution in [3.63, 3.8) is 0 Å². The van der Waals surface area contributed by atoms with Gasteiger partial charge in [-0.05, 0) is 19.8 Å². The Labute approximate surface area is 44.5 Å². The van der Waals surface area contributed by atoms with Crippen LogP contribution in [0.4, 0.5) is 0 Å². The van der Waals surface area contributed by atoms with Crippen molar-refractivity contribution in [3.05, 3.63) is 23.8 Å². The van der Waals surface area contributed by atoms with Gasteiger partial charge in [-0.25, -0.2) is 0 Å². The fraction of sp³-hybridized carbons (Fsp3) is 0.429. The summed E-state index contributed by atoms with van der Waals surface area (Å²) in [6.45, 7) is 2.09. The molecule has 1 aliphatic carbocycles. The molecule has 0 fully saturated rings. The number of hydrogen-bond acceptors (Lipinski definition) is 0. The monoisotopic (exact) mass is 94.1 g/mol. The van der Waals surface area contributed by atoms with E-state index in [1.165, 1.54) is 18.4 Å². The van der Waals surface area contributed by atoms with Gasteiger partial charge in [-0.3, -0.25) is 0 Å². The third-order valence-electron chi connectivity index (χ3n) is 1.30. The Bertz CT molecular complexity index is 104. The highest BCUT2D eigenvalue weighted by atomic mass is 14.0. The van der Waals surface area contributed by atoms with Crippen LogP contribution in [-0.2, 0) is 0 Å². The van der Waals surface area contributed by atoms with E-state index in [9.17, 15) is 0 Å². The molecule has 0 N–H and O–H groups in total. The maximum Gasteiger partial charge on any atom is -0.0247 e. The van der Waals surface area contributed by atoms with E-state index in [4.69, 9.17) is 0 Å². The van der Waals surface area contributed by atoms with E-state index < -0.39 is 0 Å². The maximum atomic E-state index is 2.22. The smallest absolute Gasteiger partial charge is 0.0247 e. The molecule has 0 atom stereocenters. The van der Waals surface area contributed by atoms with Gasteiger partial charge in [-0.2, -0.15) is 0 Å². The van der Waals surface area contributed by atoms with Crippen LogP contribution < -0.4 is 0 Å². The second-order valence-electron chi connectivity index (χ2n) is 1.80. The van der Waals surface area contributed by atoms with E-state index in [2.05, 4.69) is 25.2 Å².